The molecule has 2 heterocycles. The summed E-state index contributed by atoms with van der Waals surface area (Å²) in [4.78, 5) is 28.1. The van der Waals surface area contributed by atoms with Gasteiger partial charge in [0.1, 0.15) is 0 Å². The summed E-state index contributed by atoms with van der Waals surface area (Å²) in [5, 5.41) is 6.31. The van der Waals surface area contributed by atoms with Gasteiger partial charge in [0, 0.05) is 42.8 Å². The van der Waals surface area contributed by atoms with E-state index in [0.29, 0.717) is 18.7 Å². The maximum absolute atomic E-state index is 12.2. The van der Waals surface area contributed by atoms with Gasteiger partial charge in [0.25, 0.3) is 5.91 Å². The van der Waals surface area contributed by atoms with Gasteiger partial charge in [-0.2, -0.15) is 11.3 Å². The van der Waals surface area contributed by atoms with Gasteiger partial charge in [-0.05, 0) is 23.6 Å². The molecule has 0 bridgehead atoms. The molecule has 0 unspecified atom stereocenters. The van der Waals surface area contributed by atoms with E-state index >= 15 is 0 Å². The molecule has 1 fully saturated rings. The number of thiophene rings is 1. The van der Waals surface area contributed by atoms with Gasteiger partial charge >= 0.3 is 0 Å². The molecule has 1 N–H and O–H groups in total. The Morgan fingerprint density at radius 2 is 1.78 bits per heavy atom. The molecule has 23 heavy (non-hydrogen) atoms. The zero-order chi connectivity index (χ0) is 16.1. The van der Waals surface area contributed by atoms with Gasteiger partial charge in [-0.25, -0.2) is 0 Å². The molecule has 6 heteroatoms. The van der Waals surface area contributed by atoms with E-state index < -0.39 is 0 Å². The van der Waals surface area contributed by atoms with Crippen LogP contribution in [0, 0.1) is 0 Å². The van der Waals surface area contributed by atoms with Gasteiger partial charge in [0.2, 0.25) is 5.91 Å². The molecule has 0 saturated carbocycles. The van der Waals surface area contributed by atoms with Crippen molar-refractivity contribution in [1.82, 2.24) is 10.2 Å². The summed E-state index contributed by atoms with van der Waals surface area (Å²) < 4.78 is 0. The monoisotopic (exact) mass is 329 g/mol. The molecule has 0 radical (unpaired) electrons. The fourth-order valence-corrected chi connectivity index (χ4v) is 3.25. The number of hydrogen-bond donors (Lipinski definition) is 1. The highest BCUT2D eigenvalue weighted by Crippen LogP contribution is 2.15. The van der Waals surface area contributed by atoms with E-state index in [1.165, 1.54) is 17.0 Å². The average Bonchev–Trinajstić information content (AvgIpc) is 3.15. The number of nitrogens with one attached hydrogen (secondary N) is 1. The van der Waals surface area contributed by atoms with Crippen molar-refractivity contribution in [1.29, 1.82) is 0 Å². The first-order valence-corrected chi connectivity index (χ1v) is 8.56. The first-order chi connectivity index (χ1) is 11.2. The Morgan fingerprint density at radius 3 is 2.43 bits per heavy atom. The van der Waals surface area contributed by atoms with E-state index in [4.69, 9.17) is 0 Å². The number of rotatable bonds is 4. The average molecular weight is 329 g/mol. The zero-order valence-corrected chi connectivity index (χ0v) is 13.6. The van der Waals surface area contributed by atoms with Gasteiger partial charge in [-0.15, -0.1) is 0 Å². The molecule has 1 aliphatic heterocycles. The van der Waals surface area contributed by atoms with E-state index in [1.54, 1.807) is 11.4 Å². The van der Waals surface area contributed by atoms with Crippen LogP contribution < -0.4 is 10.2 Å². The van der Waals surface area contributed by atoms with Crippen LogP contribution in [0.3, 0.4) is 0 Å². The molecule has 2 amide bonds. The predicted octanol–water partition coefficient (Wildman–Crippen LogP) is 1.83. The maximum Gasteiger partial charge on any atom is 0.252 e. The summed E-state index contributed by atoms with van der Waals surface area (Å²) in [7, 11) is 0. The molecule has 1 aliphatic rings. The lowest BCUT2D eigenvalue weighted by Crippen LogP contribution is -2.51. The SMILES string of the molecule is O=C(NCC(=O)N1CCN(c2ccccc2)CC1)c1ccsc1. The van der Waals surface area contributed by atoms with Crippen LogP contribution in [0.1, 0.15) is 10.4 Å². The summed E-state index contributed by atoms with van der Waals surface area (Å²) in [6.45, 7) is 3.05. The van der Waals surface area contributed by atoms with Crippen molar-refractivity contribution in [2.45, 2.75) is 0 Å². The van der Waals surface area contributed by atoms with Crippen molar-refractivity contribution < 1.29 is 9.59 Å². The van der Waals surface area contributed by atoms with Gasteiger partial charge < -0.3 is 15.1 Å². The number of carbonyl (C=O) groups is 2. The lowest BCUT2D eigenvalue weighted by atomic mass is 10.2. The molecule has 3 rings (SSSR count). The van der Waals surface area contributed by atoms with Crippen molar-refractivity contribution in [3.8, 4) is 0 Å². The second kappa shape index (κ2) is 7.28. The molecule has 1 aromatic heterocycles. The highest BCUT2D eigenvalue weighted by molar-refractivity contribution is 7.08. The number of amides is 2. The molecule has 120 valence electrons. The van der Waals surface area contributed by atoms with Gasteiger partial charge in [-0.3, -0.25) is 9.59 Å². The Labute approximate surface area is 139 Å². The summed E-state index contributed by atoms with van der Waals surface area (Å²) in [5.41, 5.74) is 1.79. The Balaban J connectivity index is 1.46. The minimum absolute atomic E-state index is 0.0266. The van der Waals surface area contributed by atoms with Gasteiger partial charge in [0.05, 0.1) is 6.54 Å². The van der Waals surface area contributed by atoms with Crippen LogP contribution in [0.25, 0.3) is 0 Å². The van der Waals surface area contributed by atoms with Gasteiger partial charge in [0.15, 0.2) is 0 Å². The summed E-state index contributed by atoms with van der Waals surface area (Å²) in [5.74, 6) is -0.219. The van der Waals surface area contributed by atoms with E-state index in [-0.39, 0.29) is 18.4 Å². The largest absolute Gasteiger partial charge is 0.368 e. The first-order valence-electron chi connectivity index (χ1n) is 7.62. The van der Waals surface area contributed by atoms with Crippen molar-refractivity contribution in [2.24, 2.45) is 0 Å². The number of hydrogen-bond acceptors (Lipinski definition) is 4. The fraction of sp³-hybridized carbons (Fsp3) is 0.294. The standard InChI is InChI=1S/C17H19N3O2S/c21-16(12-18-17(22)14-6-11-23-13-14)20-9-7-19(8-10-20)15-4-2-1-3-5-15/h1-6,11,13H,7-10,12H2,(H,18,22). The second-order valence-corrected chi connectivity index (χ2v) is 6.18. The fourth-order valence-electron chi connectivity index (χ4n) is 2.62. The molecule has 1 aromatic carbocycles. The summed E-state index contributed by atoms with van der Waals surface area (Å²) >= 11 is 1.47. The van der Waals surface area contributed by atoms with Crippen LogP contribution in [-0.2, 0) is 4.79 Å². The Hall–Kier alpha value is -2.34. The number of carbonyl (C=O) groups excluding carboxylic acids is 2. The predicted molar refractivity (Wildman–Crippen MR) is 91.9 cm³/mol. The summed E-state index contributed by atoms with van der Waals surface area (Å²) in [6.07, 6.45) is 0. The molecular formula is C17H19N3O2S. The highest BCUT2D eigenvalue weighted by Gasteiger charge is 2.21. The van der Waals surface area contributed by atoms with Crippen LogP contribution in [-0.4, -0.2) is 49.4 Å². The van der Waals surface area contributed by atoms with E-state index in [2.05, 4.69) is 22.3 Å². The molecule has 1 saturated heterocycles. The minimum atomic E-state index is -0.192. The molecule has 0 aliphatic carbocycles. The van der Waals surface area contributed by atoms with E-state index in [9.17, 15) is 9.59 Å². The van der Waals surface area contributed by atoms with E-state index in [1.807, 2.05) is 28.5 Å². The van der Waals surface area contributed by atoms with Crippen LogP contribution in [0.2, 0.25) is 0 Å². The zero-order valence-electron chi connectivity index (χ0n) is 12.8. The smallest absolute Gasteiger partial charge is 0.252 e. The first kappa shape index (κ1) is 15.6. The number of anilines is 1. The number of para-hydroxylation sites is 1. The molecule has 0 atom stereocenters. The van der Waals surface area contributed by atoms with Crippen LogP contribution >= 0.6 is 11.3 Å². The number of nitrogens with zero attached hydrogens (tertiary/aromatic N) is 2. The van der Waals surface area contributed by atoms with Crippen molar-refractivity contribution >= 4 is 28.8 Å². The molecule has 2 aromatic rings. The minimum Gasteiger partial charge on any atom is -0.368 e. The van der Waals surface area contributed by atoms with Gasteiger partial charge in [-0.1, -0.05) is 18.2 Å². The lowest BCUT2D eigenvalue weighted by molar-refractivity contribution is -0.130. The summed E-state index contributed by atoms with van der Waals surface area (Å²) in [6, 6.07) is 12.0. The third kappa shape index (κ3) is 3.90. The van der Waals surface area contributed by atoms with Crippen LogP contribution in [0.15, 0.2) is 47.2 Å². The molecule has 0 spiro atoms. The highest BCUT2D eigenvalue weighted by atomic mass is 32.1. The van der Waals surface area contributed by atoms with Crippen molar-refractivity contribution in [3.63, 3.8) is 0 Å². The van der Waals surface area contributed by atoms with E-state index in [0.717, 1.165) is 13.1 Å². The Bertz CT molecular complexity index is 650. The normalized spacial score (nSPS) is 14.6. The molecular weight excluding hydrogens is 310 g/mol. The number of piperazine rings is 1. The Morgan fingerprint density at radius 1 is 1.04 bits per heavy atom. The second-order valence-electron chi connectivity index (χ2n) is 5.40. The van der Waals surface area contributed by atoms with Crippen LogP contribution in [0.5, 0.6) is 0 Å². The van der Waals surface area contributed by atoms with Crippen molar-refractivity contribution in [2.75, 3.05) is 37.6 Å². The quantitative estimate of drug-likeness (QED) is 0.931. The third-order valence-corrected chi connectivity index (χ3v) is 4.62. The number of benzene rings is 1. The lowest BCUT2D eigenvalue weighted by Gasteiger charge is -2.36. The van der Waals surface area contributed by atoms with Crippen LogP contribution in [0.4, 0.5) is 5.69 Å². The third-order valence-electron chi connectivity index (χ3n) is 3.94. The Kier molecular flexibility index (Phi) is 4.92. The molecule has 5 nitrogen and oxygen atoms in total. The van der Waals surface area contributed by atoms with Crippen molar-refractivity contribution in [3.05, 3.63) is 52.7 Å². The topological polar surface area (TPSA) is 52.7 Å². The maximum atomic E-state index is 12.2.